The first-order valence-electron chi connectivity index (χ1n) is 8.45. The van der Waals surface area contributed by atoms with E-state index in [9.17, 15) is 14.3 Å². The first-order chi connectivity index (χ1) is 13.5. The van der Waals surface area contributed by atoms with Crippen LogP contribution in [0.2, 0.25) is 0 Å². The van der Waals surface area contributed by atoms with Gasteiger partial charge in [-0.25, -0.2) is 9.37 Å². The zero-order valence-electron chi connectivity index (χ0n) is 14.7. The summed E-state index contributed by atoms with van der Waals surface area (Å²) in [5.74, 6) is -0.439. The Bertz CT molecular complexity index is 1060. The predicted octanol–water partition coefficient (Wildman–Crippen LogP) is 4.24. The number of benzene rings is 2. The molecule has 1 atom stereocenters. The van der Waals surface area contributed by atoms with Crippen molar-refractivity contribution in [2.45, 2.75) is 17.1 Å². The number of fused-ring (bicyclic) bond motifs is 1. The molecule has 0 radical (unpaired) electrons. The van der Waals surface area contributed by atoms with Crippen LogP contribution in [0.1, 0.15) is 6.92 Å². The molecule has 1 amide bonds. The van der Waals surface area contributed by atoms with Crippen molar-refractivity contribution in [2.24, 2.45) is 0 Å². The van der Waals surface area contributed by atoms with Gasteiger partial charge in [0.15, 0.2) is 11.6 Å². The van der Waals surface area contributed by atoms with Crippen molar-refractivity contribution in [3.63, 3.8) is 0 Å². The molecule has 0 fully saturated rings. The van der Waals surface area contributed by atoms with Crippen LogP contribution in [-0.4, -0.2) is 26.2 Å². The minimum atomic E-state index is -0.619. The number of hydrogen-bond acceptors (Lipinski definition) is 7. The summed E-state index contributed by atoms with van der Waals surface area (Å²) >= 11 is 1.47. The third-order valence-corrected chi connectivity index (χ3v) is 5.20. The second-order valence-corrected chi connectivity index (χ2v) is 7.53. The third-order valence-electron chi connectivity index (χ3n) is 4.02. The van der Waals surface area contributed by atoms with Gasteiger partial charge in [0.25, 0.3) is 0 Å². The van der Waals surface area contributed by atoms with Gasteiger partial charge in [0.2, 0.25) is 11.9 Å². The Morgan fingerprint density at radius 3 is 2.82 bits per heavy atom. The maximum absolute atomic E-state index is 14.2. The zero-order chi connectivity index (χ0) is 19.7. The van der Waals surface area contributed by atoms with Gasteiger partial charge < -0.3 is 21.1 Å². The van der Waals surface area contributed by atoms with Crippen LogP contribution >= 0.6 is 11.8 Å². The summed E-state index contributed by atoms with van der Waals surface area (Å²) < 4.78 is 14.2. The number of halogens is 1. The fourth-order valence-electron chi connectivity index (χ4n) is 2.65. The highest BCUT2D eigenvalue weighted by molar-refractivity contribution is 8.00. The molecular weight excluding hydrogens is 381 g/mol. The number of aromatic nitrogens is 2. The molecule has 1 unspecified atom stereocenters. The van der Waals surface area contributed by atoms with Gasteiger partial charge in [-0.05, 0) is 37.3 Å². The molecule has 28 heavy (non-hydrogen) atoms. The average molecular weight is 397 g/mol. The van der Waals surface area contributed by atoms with E-state index in [4.69, 9.17) is 0 Å². The number of rotatable bonds is 4. The number of phenols is 1. The van der Waals surface area contributed by atoms with Crippen molar-refractivity contribution in [1.29, 1.82) is 0 Å². The fraction of sp³-hybridized carbons (Fsp3) is 0.105. The third kappa shape index (κ3) is 3.84. The number of amides is 1. The summed E-state index contributed by atoms with van der Waals surface area (Å²) in [6.07, 6.45) is 1.05. The highest BCUT2D eigenvalue weighted by Crippen LogP contribution is 2.37. The second-order valence-electron chi connectivity index (χ2n) is 6.15. The van der Waals surface area contributed by atoms with Crippen molar-refractivity contribution in [3.8, 4) is 5.75 Å². The quantitative estimate of drug-likeness (QED) is 0.522. The molecule has 0 spiro atoms. The van der Waals surface area contributed by atoms with Crippen molar-refractivity contribution in [2.75, 3.05) is 16.0 Å². The molecule has 4 N–H and O–H groups in total. The molecule has 1 aliphatic rings. The molecule has 7 nitrogen and oxygen atoms in total. The van der Waals surface area contributed by atoms with Gasteiger partial charge in [-0.1, -0.05) is 6.07 Å². The maximum Gasteiger partial charge on any atom is 0.237 e. The molecule has 0 bridgehead atoms. The monoisotopic (exact) mass is 397 g/mol. The predicted molar refractivity (Wildman–Crippen MR) is 107 cm³/mol. The molecular formula is C19H16FN5O2S. The number of carbonyl (C=O) groups excluding carboxylic acids is 1. The normalized spacial score (nSPS) is 15.5. The number of thioether (sulfide) groups is 1. The van der Waals surface area contributed by atoms with Gasteiger partial charge >= 0.3 is 0 Å². The Labute approximate surface area is 164 Å². The summed E-state index contributed by atoms with van der Waals surface area (Å²) in [5, 5.41) is 18.0. The number of aromatic hydroxyl groups is 1. The van der Waals surface area contributed by atoms with E-state index < -0.39 is 5.82 Å². The summed E-state index contributed by atoms with van der Waals surface area (Å²) in [5.41, 5.74) is 1.82. The topological polar surface area (TPSA) is 99.2 Å². The van der Waals surface area contributed by atoms with E-state index in [1.165, 1.54) is 23.9 Å². The average Bonchev–Trinajstić information content (AvgIpc) is 2.66. The standard InChI is InChI=1S/C19H16FN5O2S/c1-10-18(27)24-15-8-12(5-6-16(15)28-10)22-17-14(20)9-21-19(25-17)23-11-3-2-4-13(26)7-11/h2-10,26H,1H3,(H,24,27)(H2,21,22,23,25). The highest BCUT2D eigenvalue weighted by atomic mass is 32.2. The van der Waals surface area contributed by atoms with Crippen LogP contribution in [0, 0.1) is 5.82 Å². The number of anilines is 5. The Morgan fingerprint density at radius 2 is 2.00 bits per heavy atom. The second kappa shape index (κ2) is 7.35. The maximum atomic E-state index is 14.2. The molecule has 0 aliphatic carbocycles. The van der Waals surface area contributed by atoms with Crippen molar-refractivity contribution in [1.82, 2.24) is 9.97 Å². The lowest BCUT2D eigenvalue weighted by Gasteiger charge is -2.22. The number of phenolic OH excluding ortho intramolecular Hbond substituents is 1. The Hall–Kier alpha value is -3.33. The number of nitrogens with one attached hydrogen (secondary N) is 3. The molecule has 2 aromatic carbocycles. The summed E-state index contributed by atoms with van der Waals surface area (Å²) in [4.78, 5) is 20.9. The highest BCUT2D eigenvalue weighted by Gasteiger charge is 2.23. The zero-order valence-corrected chi connectivity index (χ0v) is 15.5. The van der Waals surface area contributed by atoms with Gasteiger partial charge in [0.05, 0.1) is 17.1 Å². The van der Waals surface area contributed by atoms with Crippen LogP contribution in [0.3, 0.4) is 0 Å². The van der Waals surface area contributed by atoms with Crippen molar-refractivity contribution < 1.29 is 14.3 Å². The number of carbonyl (C=O) groups is 1. The van der Waals surface area contributed by atoms with Gasteiger partial charge in [-0.3, -0.25) is 4.79 Å². The summed E-state index contributed by atoms with van der Waals surface area (Å²) in [7, 11) is 0. The summed E-state index contributed by atoms with van der Waals surface area (Å²) in [6.45, 7) is 1.84. The van der Waals surface area contributed by atoms with Crippen LogP contribution < -0.4 is 16.0 Å². The lowest BCUT2D eigenvalue weighted by molar-refractivity contribution is -0.115. The van der Waals surface area contributed by atoms with Crippen molar-refractivity contribution >= 4 is 46.5 Å². The summed E-state index contributed by atoms with van der Waals surface area (Å²) in [6, 6.07) is 11.8. The SMILES string of the molecule is CC1Sc2ccc(Nc3nc(Nc4cccc(O)c4)ncc3F)cc2NC1=O. The molecule has 1 aliphatic heterocycles. The largest absolute Gasteiger partial charge is 0.508 e. The molecule has 1 aromatic heterocycles. The fourth-order valence-corrected chi connectivity index (χ4v) is 3.58. The van der Waals surface area contributed by atoms with E-state index in [1.54, 1.807) is 24.3 Å². The van der Waals surface area contributed by atoms with Crippen LogP contribution in [0.4, 0.5) is 33.2 Å². The van der Waals surface area contributed by atoms with Crippen LogP contribution in [0.25, 0.3) is 0 Å². The molecule has 2 heterocycles. The first kappa shape index (κ1) is 18.1. The lowest BCUT2D eigenvalue weighted by atomic mass is 10.2. The van der Waals surface area contributed by atoms with Gasteiger partial charge in [-0.2, -0.15) is 4.98 Å². The molecule has 9 heteroatoms. The van der Waals surface area contributed by atoms with Gasteiger partial charge in [-0.15, -0.1) is 11.8 Å². The Kier molecular flexibility index (Phi) is 4.74. The first-order valence-corrected chi connectivity index (χ1v) is 9.33. The molecule has 0 saturated carbocycles. The van der Waals surface area contributed by atoms with Crippen LogP contribution in [0.5, 0.6) is 5.75 Å². The van der Waals surface area contributed by atoms with E-state index in [0.29, 0.717) is 17.1 Å². The lowest BCUT2D eigenvalue weighted by Crippen LogP contribution is -2.26. The van der Waals surface area contributed by atoms with E-state index in [2.05, 4.69) is 25.9 Å². The van der Waals surface area contributed by atoms with Crippen LogP contribution in [-0.2, 0) is 4.79 Å². The van der Waals surface area contributed by atoms with Crippen molar-refractivity contribution in [3.05, 3.63) is 54.5 Å². The van der Waals surface area contributed by atoms with Gasteiger partial charge in [0, 0.05) is 22.3 Å². The minimum Gasteiger partial charge on any atom is -0.508 e. The molecule has 142 valence electrons. The molecule has 0 saturated heterocycles. The number of hydrogen-bond donors (Lipinski definition) is 4. The van der Waals surface area contributed by atoms with Crippen LogP contribution in [0.15, 0.2) is 53.6 Å². The molecule has 3 aromatic rings. The van der Waals surface area contributed by atoms with E-state index in [0.717, 1.165) is 11.1 Å². The Morgan fingerprint density at radius 1 is 1.18 bits per heavy atom. The van der Waals surface area contributed by atoms with E-state index in [1.807, 2.05) is 13.0 Å². The Balaban J connectivity index is 1.56. The van der Waals surface area contributed by atoms with E-state index in [-0.39, 0.29) is 28.7 Å². The smallest absolute Gasteiger partial charge is 0.237 e. The molecule has 4 rings (SSSR count). The van der Waals surface area contributed by atoms with Gasteiger partial charge in [0.1, 0.15) is 5.75 Å². The number of nitrogens with zero attached hydrogens (tertiary/aromatic N) is 2. The minimum absolute atomic E-state index is 0.0132. The van der Waals surface area contributed by atoms with E-state index >= 15 is 0 Å².